The lowest BCUT2D eigenvalue weighted by molar-refractivity contribution is 0.202. The fourth-order valence-electron chi connectivity index (χ4n) is 3.52. The van der Waals surface area contributed by atoms with Gasteiger partial charge in [-0.1, -0.05) is 30.3 Å². The molecule has 0 amide bonds. The van der Waals surface area contributed by atoms with Gasteiger partial charge in [0.2, 0.25) is 0 Å². The van der Waals surface area contributed by atoms with Gasteiger partial charge in [-0.05, 0) is 55.8 Å². The van der Waals surface area contributed by atoms with Crippen molar-refractivity contribution in [2.45, 2.75) is 25.3 Å². The summed E-state index contributed by atoms with van der Waals surface area (Å²) in [6.07, 6.45) is 4.16. The highest BCUT2D eigenvalue weighted by molar-refractivity contribution is 5.58. The van der Waals surface area contributed by atoms with Gasteiger partial charge in [0, 0.05) is 24.2 Å². The Morgan fingerprint density at radius 1 is 1.00 bits per heavy atom. The molecule has 1 aliphatic heterocycles. The summed E-state index contributed by atoms with van der Waals surface area (Å²) in [5.74, 6) is 1.31. The lowest BCUT2D eigenvalue weighted by Gasteiger charge is -2.31. The highest BCUT2D eigenvalue weighted by atomic mass is 19.1. The fourth-order valence-corrected chi connectivity index (χ4v) is 3.52. The Morgan fingerprint density at radius 2 is 1.72 bits per heavy atom. The molecule has 1 aromatic heterocycles. The molecular formula is C21H22FN3. The number of H-pyrrole nitrogens is 1. The second-order valence-corrected chi connectivity index (χ2v) is 6.71. The number of rotatable bonds is 4. The molecule has 2 heterocycles. The van der Waals surface area contributed by atoms with Gasteiger partial charge in [-0.2, -0.15) is 0 Å². The average molecular weight is 335 g/mol. The maximum atomic E-state index is 13.1. The number of piperidine rings is 1. The molecule has 3 aromatic rings. The second kappa shape index (κ2) is 7.19. The van der Waals surface area contributed by atoms with Gasteiger partial charge >= 0.3 is 0 Å². The maximum absolute atomic E-state index is 13.1. The number of aromatic amines is 1. The normalized spacial score (nSPS) is 16.2. The molecule has 128 valence electrons. The third kappa shape index (κ3) is 3.80. The number of likely N-dealkylation sites (tertiary alicyclic amines) is 1. The molecule has 0 bridgehead atoms. The number of imidazole rings is 1. The molecule has 1 fully saturated rings. The first kappa shape index (κ1) is 16.0. The molecule has 3 nitrogen and oxygen atoms in total. The van der Waals surface area contributed by atoms with E-state index in [4.69, 9.17) is 4.98 Å². The number of nitrogens with zero attached hydrogens (tertiary/aromatic N) is 2. The topological polar surface area (TPSA) is 31.9 Å². The van der Waals surface area contributed by atoms with E-state index in [9.17, 15) is 4.39 Å². The first-order valence-electron chi connectivity index (χ1n) is 8.85. The van der Waals surface area contributed by atoms with Crippen molar-refractivity contribution in [3.05, 3.63) is 78.0 Å². The molecule has 1 aliphatic rings. The highest BCUT2D eigenvalue weighted by Gasteiger charge is 2.23. The summed E-state index contributed by atoms with van der Waals surface area (Å²) in [6, 6.07) is 17.1. The minimum atomic E-state index is -0.217. The lowest BCUT2D eigenvalue weighted by Crippen LogP contribution is -2.32. The van der Waals surface area contributed by atoms with Crippen LogP contribution in [0.2, 0.25) is 0 Å². The van der Waals surface area contributed by atoms with E-state index < -0.39 is 0 Å². The van der Waals surface area contributed by atoms with E-state index in [-0.39, 0.29) is 5.82 Å². The van der Waals surface area contributed by atoms with Gasteiger partial charge in [-0.3, -0.25) is 4.90 Å². The molecule has 0 radical (unpaired) electrons. The molecule has 0 spiro atoms. The Bertz CT molecular complexity index is 803. The summed E-state index contributed by atoms with van der Waals surface area (Å²) in [5, 5.41) is 0. The number of halogens is 1. The van der Waals surface area contributed by atoms with E-state index in [0.717, 1.165) is 49.6 Å². The monoisotopic (exact) mass is 335 g/mol. The van der Waals surface area contributed by atoms with Gasteiger partial charge in [0.15, 0.2) is 0 Å². The lowest BCUT2D eigenvalue weighted by atomic mass is 9.96. The van der Waals surface area contributed by atoms with Crippen molar-refractivity contribution in [2.24, 2.45) is 0 Å². The van der Waals surface area contributed by atoms with Crippen LogP contribution >= 0.6 is 0 Å². The zero-order chi connectivity index (χ0) is 17.1. The molecule has 4 heteroatoms. The predicted octanol–water partition coefficient (Wildman–Crippen LogP) is 4.60. The van der Waals surface area contributed by atoms with Gasteiger partial charge in [-0.15, -0.1) is 0 Å². The van der Waals surface area contributed by atoms with Crippen molar-refractivity contribution in [3.8, 4) is 11.3 Å². The Morgan fingerprint density at radius 3 is 2.44 bits per heavy atom. The molecule has 1 saturated heterocycles. The molecule has 2 aromatic carbocycles. The van der Waals surface area contributed by atoms with E-state index in [1.807, 2.05) is 6.20 Å². The van der Waals surface area contributed by atoms with Crippen molar-refractivity contribution in [1.29, 1.82) is 0 Å². The van der Waals surface area contributed by atoms with E-state index >= 15 is 0 Å². The van der Waals surface area contributed by atoms with Crippen molar-refractivity contribution >= 4 is 0 Å². The van der Waals surface area contributed by atoms with Crippen molar-refractivity contribution in [2.75, 3.05) is 13.1 Å². The van der Waals surface area contributed by atoms with Crippen LogP contribution in [0, 0.1) is 5.82 Å². The zero-order valence-corrected chi connectivity index (χ0v) is 14.2. The molecule has 0 unspecified atom stereocenters. The smallest absolute Gasteiger partial charge is 0.123 e. The maximum Gasteiger partial charge on any atom is 0.123 e. The Kier molecular flexibility index (Phi) is 4.61. The van der Waals surface area contributed by atoms with Crippen LogP contribution in [0.25, 0.3) is 11.3 Å². The van der Waals surface area contributed by atoms with E-state index in [1.165, 1.54) is 17.7 Å². The second-order valence-electron chi connectivity index (χ2n) is 6.71. The summed E-state index contributed by atoms with van der Waals surface area (Å²) >= 11 is 0. The van der Waals surface area contributed by atoms with Crippen molar-refractivity contribution in [3.63, 3.8) is 0 Å². The molecule has 1 N–H and O–H groups in total. The molecule has 0 aliphatic carbocycles. The third-order valence-electron chi connectivity index (χ3n) is 4.96. The minimum absolute atomic E-state index is 0.217. The van der Waals surface area contributed by atoms with Crippen LogP contribution in [0.1, 0.15) is 30.1 Å². The van der Waals surface area contributed by atoms with Gasteiger partial charge in [0.05, 0.1) is 5.69 Å². The predicted molar refractivity (Wildman–Crippen MR) is 97.7 cm³/mol. The first-order chi connectivity index (χ1) is 12.3. The van der Waals surface area contributed by atoms with Crippen LogP contribution in [0.4, 0.5) is 4.39 Å². The van der Waals surface area contributed by atoms with Gasteiger partial charge < -0.3 is 4.98 Å². The average Bonchev–Trinajstić information content (AvgIpc) is 3.14. The van der Waals surface area contributed by atoms with Crippen LogP contribution in [0.3, 0.4) is 0 Å². The van der Waals surface area contributed by atoms with Crippen molar-refractivity contribution in [1.82, 2.24) is 14.9 Å². The van der Waals surface area contributed by atoms with Gasteiger partial charge in [0.25, 0.3) is 0 Å². The quantitative estimate of drug-likeness (QED) is 0.756. The summed E-state index contributed by atoms with van der Waals surface area (Å²) in [5.41, 5.74) is 3.21. The molecule has 0 saturated carbocycles. The van der Waals surface area contributed by atoms with E-state index in [0.29, 0.717) is 5.92 Å². The first-order valence-corrected chi connectivity index (χ1v) is 8.85. The van der Waals surface area contributed by atoms with E-state index in [2.05, 4.69) is 40.2 Å². The summed E-state index contributed by atoms with van der Waals surface area (Å²) in [6.45, 7) is 3.20. The largest absolute Gasteiger partial charge is 0.348 e. The summed E-state index contributed by atoms with van der Waals surface area (Å²) in [4.78, 5) is 10.6. The fraction of sp³-hybridized carbons (Fsp3) is 0.286. The number of benzene rings is 2. The van der Waals surface area contributed by atoms with Crippen LogP contribution < -0.4 is 0 Å². The number of hydrogen-bond donors (Lipinski definition) is 1. The Balaban J connectivity index is 1.37. The number of aromatic nitrogens is 2. The van der Waals surface area contributed by atoms with Crippen molar-refractivity contribution < 1.29 is 4.39 Å². The number of nitrogens with one attached hydrogen (secondary N) is 1. The molecular weight excluding hydrogens is 313 g/mol. The summed E-state index contributed by atoms with van der Waals surface area (Å²) in [7, 11) is 0. The Hall–Kier alpha value is -2.46. The van der Waals surface area contributed by atoms with Crippen LogP contribution in [-0.2, 0) is 6.54 Å². The summed E-state index contributed by atoms with van der Waals surface area (Å²) < 4.78 is 13.1. The SMILES string of the molecule is Fc1ccc(-c2c[nH]c(C3CCN(Cc4ccccc4)CC3)n2)cc1. The molecule has 4 rings (SSSR count). The van der Waals surface area contributed by atoms with Gasteiger partial charge in [0.1, 0.15) is 11.6 Å². The van der Waals surface area contributed by atoms with Crippen LogP contribution in [0.5, 0.6) is 0 Å². The van der Waals surface area contributed by atoms with Gasteiger partial charge in [-0.25, -0.2) is 9.37 Å². The minimum Gasteiger partial charge on any atom is -0.348 e. The van der Waals surface area contributed by atoms with Crippen LogP contribution in [0.15, 0.2) is 60.8 Å². The zero-order valence-electron chi connectivity index (χ0n) is 14.2. The molecule has 25 heavy (non-hydrogen) atoms. The highest BCUT2D eigenvalue weighted by Crippen LogP contribution is 2.28. The molecule has 0 atom stereocenters. The standard InChI is InChI=1S/C21H22FN3/c22-19-8-6-17(7-9-19)20-14-23-21(24-20)18-10-12-25(13-11-18)15-16-4-2-1-3-5-16/h1-9,14,18H,10-13,15H2,(H,23,24). The third-order valence-corrected chi connectivity index (χ3v) is 4.96. The van der Waals surface area contributed by atoms with Crippen LogP contribution in [-0.4, -0.2) is 28.0 Å². The van der Waals surface area contributed by atoms with E-state index in [1.54, 1.807) is 12.1 Å². The Labute approximate surface area is 147 Å². The number of hydrogen-bond acceptors (Lipinski definition) is 2.